The minimum absolute atomic E-state index is 0.0280. The molecule has 2 rings (SSSR count). The summed E-state index contributed by atoms with van der Waals surface area (Å²) in [5.41, 5.74) is 6.31. The zero-order valence-corrected chi connectivity index (χ0v) is 15.1. The number of thiophene rings is 1. The zero-order valence-electron chi connectivity index (χ0n) is 13.5. The molecular weight excluding hydrogens is 318 g/mol. The smallest absolute Gasteiger partial charge is 0.263 e. The highest BCUT2D eigenvalue weighted by atomic mass is 32.2. The molecule has 22 heavy (non-hydrogen) atoms. The molecule has 2 aromatic heterocycles. The van der Waals surface area contributed by atoms with E-state index in [4.69, 9.17) is 5.73 Å². The van der Waals surface area contributed by atoms with E-state index in [0.29, 0.717) is 23.0 Å². The van der Waals surface area contributed by atoms with Gasteiger partial charge in [-0.05, 0) is 32.3 Å². The van der Waals surface area contributed by atoms with E-state index in [0.717, 1.165) is 15.3 Å². The molecule has 0 saturated heterocycles. The van der Waals surface area contributed by atoms with E-state index in [1.807, 2.05) is 27.7 Å². The number of carbonyl (C=O) groups is 1. The van der Waals surface area contributed by atoms with Crippen molar-refractivity contribution in [3.63, 3.8) is 0 Å². The molecule has 7 heteroatoms. The van der Waals surface area contributed by atoms with Crippen LogP contribution in [-0.4, -0.2) is 20.7 Å². The number of rotatable bonds is 5. The number of hydrogen-bond acceptors (Lipinski definition) is 5. The van der Waals surface area contributed by atoms with Crippen molar-refractivity contribution in [1.29, 1.82) is 0 Å². The van der Waals surface area contributed by atoms with Crippen LogP contribution in [0.4, 0.5) is 0 Å². The molecule has 0 aromatic carbocycles. The summed E-state index contributed by atoms with van der Waals surface area (Å²) in [6.45, 7) is 10.4. The third-order valence-electron chi connectivity index (χ3n) is 3.48. The molecule has 1 amide bonds. The Morgan fingerprint density at radius 2 is 2.00 bits per heavy atom. The standard InChI is InChI=1S/C15H21N3O2S2/c1-7(2)6-18-14(20)11-8(3)9(4)21-13(11)17-15(18)22-10(5)12(16)19/h7,10H,6H2,1-5H3,(H2,16,19)/t10-/m0/s1. The number of nitrogens with two attached hydrogens (primary N) is 1. The first-order valence-corrected chi connectivity index (χ1v) is 8.88. The lowest BCUT2D eigenvalue weighted by Gasteiger charge is -2.15. The molecule has 0 saturated carbocycles. The van der Waals surface area contributed by atoms with Crippen LogP contribution in [0.5, 0.6) is 0 Å². The highest BCUT2D eigenvalue weighted by Crippen LogP contribution is 2.29. The average molecular weight is 339 g/mol. The number of primary amides is 1. The van der Waals surface area contributed by atoms with Gasteiger partial charge in [0.05, 0.1) is 10.6 Å². The molecule has 0 aliphatic heterocycles. The van der Waals surface area contributed by atoms with Crippen LogP contribution in [-0.2, 0) is 11.3 Å². The summed E-state index contributed by atoms with van der Waals surface area (Å²) >= 11 is 2.76. The normalized spacial score (nSPS) is 13.0. The number of aromatic nitrogens is 2. The van der Waals surface area contributed by atoms with Gasteiger partial charge in [0.25, 0.3) is 5.56 Å². The van der Waals surface area contributed by atoms with Gasteiger partial charge in [-0.1, -0.05) is 25.6 Å². The Labute approximate surface area is 137 Å². The summed E-state index contributed by atoms with van der Waals surface area (Å²) in [6, 6.07) is 0. The van der Waals surface area contributed by atoms with Crippen LogP contribution in [0.3, 0.4) is 0 Å². The van der Waals surface area contributed by atoms with Crippen LogP contribution < -0.4 is 11.3 Å². The predicted molar refractivity (Wildman–Crippen MR) is 92.7 cm³/mol. The molecule has 1 atom stereocenters. The number of fused-ring (bicyclic) bond motifs is 1. The van der Waals surface area contributed by atoms with Gasteiger partial charge in [-0.2, -0.15) is 0 Å². The third kappa shape index (κ3) is 3.20. The second kappa shape index (κ2) is 6.42. The second-order valence-electron chi connectivity index (χ2n) is 5.83. The van der Waals surface area contributed by atoms with Gasteiger partial charge in [0.15, 0.2) is 5.16 Å². The molecule has 2 aromatic rings. The van der Waals surface area contributed by atoms with E-state index in [1.54, 1.807) is 11.5 Å². The van der Waals surface area contributed by atoms with Crippen molar-refractivity contribution in [2.24, 2.45) is 11.7 Å². The highest BCUT2D eigenvalue weighted by molar-refractivity contribution is 8.00. The molecule has 0 spiro atoms. The topological polar surface area (TPSA) is 78.0 Å². The molecule has 2 N–H and O–H groups in total. The van der Waals surface area contributed by atoms with Crippen LogP contribution in [0.15, 0.2) is 9.95 Å². The van der Waals surface area contributed by atoms with Crippen LogP contribution in [0.1, 0.15) is 31.2 Å². The fourth-order valence-corrected chi connectivity index (χ4v) is 4.08. The molecule has 2 heterocycles. The van der Waals surface area contributed by atoms with Crippen molar-refractivity contribution in [2.75, 3.05) is 0 Å². The lowest BCUT2D eigenvalue weighted by molar-refractivity contribution is -0.117. The minimum Gasteiger partial charge on any atom is -0.369 e. The maximum atomic E-state index is 12.9. The molecule has 0 bridgehead atoms. The Kier molecular flexibility index (Phi) is 4.97. The number of aryl methyl sites for hydroxylation is 2. The third-order valence-corrected chi connectivity index (χ3v) is 5.69. The number of thioether (sulfide) groups is 1. The average Bonchev–Trinajstić information content (AvgIpc) is 2.69. The first kappa shape index (κ1) is 17.0. The van der Waals surface area contributed by atoms with Crippen molar-refractivity contribution < 1.29 is 4.79 Å². The molecule has 120 valence electrons. The fraction of sp³-hybridized carbons (Fsp3) is 0.533. The van der Waals surface area contributed by atoms with E-state index in [-0.39, 0.29) is 5.56 Å². The number of amides is 1. The first-order valence-electron chi connectivity index (χ1n) is 7.18. The molecule has 0 unspecified atom stereocenters. The van der Waals surface area contributed by atoms with Crippen LogP contribution in [0, 0.1) is 19.8 Å². The molecule has 0 fully saturated rings. The Bertz CT molecular complexity index is 777. The summed E-state index contributed by atoms with van der Waals surface area (Å²) in [7, 11) is 0. The van der Waals surface area contributed by atoms with Gasteiger partial charge in [0.2, 0.25) is 5.91 Å². The Hall–Kier alpha value is -1.34. The summed E-state index contributed by atoms with van der Waals surface area (Å²) < 4.78 is 1.68. The van der Waals surface area contributed by atoms with Gasteiger partial charge in [-0.25, -0.2) is 4.98 Å². The van der Waals surface area contributed by atoms with Crippen LogP contribution >= 0.6 is 23.1 Å². The van der Waals surface area contributed by atoms with E-state index in [1.165, 1.54) is 23.1 Å². The Balaban J connectivity index is 2.67. The zero-order chi connectivity index (χ0) is 16.6. The number of nitrogens with zero attached hydrogens (tertiary/aromatic N) is 2. The van der Waals surface area contributed by atoms with Crippen molar-refractivity contribution in [1.82, 2.24) is 9.55 Å². The number of carbonyl (C=O) groups excluding carboxylic acids is 1. The minimum atomic E-state index is -0.426. The van der Waals surface area contributed by atoms with Crippen LogP contribution in [0.2, 0.25) is 0 Å². The van der Waals surface area contributed by atoms with Crippen LogP contribution in [0.25, 0.3) is 10.2 Å². The summed E-state index contributed by atoms with van der Waals surface area (Å²) in [5.74, 6) is -0.103. The van der Waals surface area contributed by atoms with Gasteiger partial charge < -0.3 is 5.73 Å². The fourth-order valence-electron chi connectivity index (χ4n) is 2.14. The summed E-state index contributed by atoms with van der Waals surface area (Å²) in [5, 5.41) is 0.836. The Morgan fingerprint density at radius 3 is 2.55 bits per heavy atom. The molecular formula is C15H21N3O2S2. The quantitative estimate of drug-likeness (QED) is 0.671. The highest BCUT2D eigenvalue weighted by Gasteiger charge is 2.20. The first-order chi connectivity index (χ1) is 10.2. The molecule has 0 aliphatic carbocycles. The van der Waals surface area contributed by atoms with E-state index in [2.05, 4.69) is 4.98 Å². The van der Waals surface area contributed by atoms with Crippen molar-refractivity contribution in [3.05, 3.63) is 20.8 Å². The van der Waals surface area contributed by atoms with Crippen molar-refractivity contribution >= 4 is 39.2 Å². The van der Waals surface area contributed by atoms with Gasteiger partial charge in [0.1, 0.15) is 4.83 Å². The van der Waals surface area contributed by atoms with Gasteiger partial charge in [-0.3, -0.25) is 14.2 Å². The number of hydrogen-bond donors (Lipinski definition) is 1. The van der Waals surface area contributed by atoms with Gasteiger partial charge in [-0.15, -0.1) is 11.3 Å². The SMILES string of the molecule is Cc1sc2nc(S[C@@H](C)C(N)=O)n(CC(C)C)c(=O)c2c1C. The Morgan fingerprint density at radius 1 is 1.36 bits per heavy atom. The lowest BCUT2D eigenvalue weighted by atomic mass is 10.2. The lowest BCUT2D eigenvalue weighted by Crippen LogP contribution is -2.28. The summed E-state index contributed by atoms with van der Waals surface area (Å²) in [6.07, 6.45) is 0. The molecule has 0 radical (unpaired) electrons. The maximum Gasteiger partial charge on any atom is 0.263 e. The largest absolute Gasteiger partial charge is 0.369 e. The maximum absolute atomic E-state index is 12.9. The van der Waals surface area contributed by atoms with E-state index in [9.17, 15) is 9.59 Å². The van der Waals surface area contributed by atoms with E-state index >= 15 is 0 Å². The van der Waals surface area contributed by atoms with Crippen molar-refractivity contribution in [3.8, 4) is 0 Å². The molecule has 0 aliphatic rings. The van der Waals surface area contributed by atoms with Gasteiger partial charge in [0, 0.05) is 11.4 Å². The van der Waals surface area contributed by atoms with Gasteiger partial charge >= 0.3 is 0 Å². The monoisotopic (exact) mass is 339 g/mol. The van der Waals surface area contributed by atoms with Crippen molar-refractivity contribution in [2.45, 2.75) is 51.6 Å². The predicted octanol–water partition coefficient (Wildman–Crippen LogP) is 2.70. The summed E-state index contributed by atoms with van der Waals surface area (Å²) in [4.78, 5) is 30.7. The molecule has 5 nitrogen and oxygen atoms in total. The second-order valence-corrected chi connectivity index (χ2v) is 8.34. The van der Waals surface area contributed by atoms with E-state index < -0.39 is 11.2 Å².